The van der Waals surface area contributed by atoms with Crippen LogP contribution in [0.25, 0.3) is 10.8 Å². The average molecular weight is 387 g/mol. The van der Waals surface area contributed by atoms with Crippen LogP contribution >= 0.6 is 24.0 Å². The quantitative estimate of drug-likeness (QED) is 0.263. The fourth-order valence-corrected chi connectivity index (χ4v) is 3.00. The zero-order valence-electron chi connectivity index (χ0n) is 13.5. The monoisotopic (exact) mass is 387 g/mol. The van der Waals surface area contributed by atoms with E-state index in [1.165, 1.54) is 5.39 Å². The fourth-order valence-electron chi connectivity index (χ4n) is 2.33. The Hall–Kier alpha value is -2.51. The van der Waals surface area contributed by atoms with Crippen molar-refractivity contribution in [3.63, 3.8) is 0 Å². The van der Waals surface area contributed by atoms with Crippen LogP contribution in [0.3, 0.4) is 0 Å². The van der Waals surface area contributed by atoms with Crippen LogP contribution in [0.15, 0.2) is 76.7 Å². The Morgan fingerprint density at radius 3 is 2.46 bits per heavy atom. The molecule has 26 heavy (non-hydrogen) atoms. The minimum atomic E-state index is -2.43. The van der Waals surface area contributed by atoms with Crippen molar-refractivity contribution in [3.8, 4) is 0 Å². The lowest BCUT2D eigenvalue weighted by atomic mass is 10.1. The molecule has 0 heterocycles. The van der Waals surface area contributed by atoms with Gasteiger partial charge in [-0.1, -0.05) is 48.2 Å². The second-order valence-corrected chi connectivity index (χ2v) is 6.81. The van der Waals surface area contributed by atoms with Crippen molar-refractivity contribution in [2.75, 3.05) is 5.32 Å². The lowest BCUT2D eigenvalue weighted by molar-refractivity contribution is 0.252. The standard InChI is InChI=1S/C19H15F2N3S2/c20-18(21)26-17-9-7-16(8-10-17)23-19(25)24-22-12-13-5-6-14-3-1-2-4-15(14)11-13/h1-12,18H,(H2,23,24,25)/b22-12-. The van der Waals surface area contributed by atoms with Crippen molar-refractivity contribution < 1.29 is 8.78 Å². The van der Waals surface area contributed by atoms with E-state index in [2.05, 4.69) is 21.9 Å². The Morgan fingerprint density at radius 2 is 1.73 bits per heavy atom. The van der Waals surface area contributed by atoms with E-state index in [-0.39, 0.29) is 0 Å². The van der Waals surface area contributed by atoms with Crippen LogP contribution in [-0.4, -0.2) is 17.1 Å². The molecule has 7 heteroatoms. The number of hydrogen-bond acceptors (Lipinski definition) is 3. The van der Waals surface area contributed by atoms with Crippen LogP contribution in [0.4, 0.5) is 14.5 Å². The Morgan fingerprint density at radius 1 is 1.00 bits per heavy atom. The molecule has 3 aromatic rings. The number of fused-ring (bicyclic) bond motifs is 1. The van der Waals surface area contributed by atoms with Crippen molar-refractivity contribution in [2.45, 2.75) is 10.7 Å². The molecule has 0 spiro atoms. The summed E-state index contributed by atoms with van der Waals surface area (Å²) in [5.41, 5.74) is 4.39. The first kappa shape index (κ1) is 18.3. The summed E-state index contributed by atoms with van der Waals surface area (Å²) in [6.07, 6.45) is 1.68. The molecule has 0 amide bonds. The van der Waals surface area contributed by atoms with Gasteiger partial charge in [-0.2, -0.15) is 13.9 Å². The maximum absolute atomic E-state index is 12.3. The number of thiocarbonyl (C=S) groups is 1. The topological polar surface area (TPSA) is 36.4 Å². The Labute approximate surface area is 159 Å². The number of rotatable bonds is 5. The van der Waals surface area contributed by atoms with Crippen molar-refractivity contribution >= 4 is 51.8 Å². The molecule has 0 aliphatic heterocycles. The van der Waals surface area contributed by atoms with Gasteiger partial charge < -0.3 is 5.32 Å². The molecule has 0 unspecified atom stereocenters. The molecule has 132 valence electrons. The molecule has 3 aromatic carbocycles. The first-order valence-electron chi connectivity index (χ1n) is 7.74. The van der Waals surface area contributed by atoms with Gasteiger partial charge in [0.25, 0.3) is 5.76 Å². The predicted octanol–water partition coefficient (Wildman–Crippen LogP) is 5.48. The summed E-state index contributed by atoms with van der Waals surface area (Å²) in [5.74, 6) is -2.43. The lowest BCUT2D eigenvalue weighted by Gasteiger charge is -2.08. The van der Waals surface area contributed by atoms with Crippen molar-refractivity contribution in [1.29, 1.82) is 0 Å². The van der Waals surface area contributed by atoms with Gasteiger partial charge in [-0.25, -0.2) is 0 Å². The predicted molar refractivity (Wildman–Crippen MR) is 109 cm³/mol. The molecule has 0 saturated heterocycles. The lowest BCUT2D eigenvalue weighted by Crippen LogP contribution is -2.23. The second kappa shape index (κ2) is 8.73. The zero-order valence-corrected chi connectivity index (χ0v) is 15.2. The molecule has 0 aliphatic rings. The molecule has 0 fully saturated rings. The zero-order chi connectivity index (χ0) is 18.4. The van der Waals surface area contributed by atoms with Crippen LogP contribution in [0.2, 0.25) is 0 Å². The van der Waals surface area contributed by atoms with E-state index in [4.69, 9.17) is 12.2 Å². The van der Waals surface area contributed by atoms with Crippen LogP contribution < -0.4 is 10.7 Å². The van der Waals surface area contributed by atoms with Crippen LogP contribution in [0.1, 0.15) is 5.56 Å². The largest absolute Gasteiger partial charge is 0.331 e. The number of hydrogen-bond donors (Lipinski definition) is 2. The minimum Gasteiger partial charge on any atom is -0.331 e. The maximum Gasteiger partial charge on any atom is 0.288 e. The van der Waals surface area contributed by atoms with E-state index in [9.17, 15) is 8.78 Å². The molecular weight excluding hydrogens is 372 g/mol. The number of thioether (sulfide) groups is 1. The number of alkyl halides is 2. The molecule has 0 aliphatic carbocycles. The summed E-state index contributed by atoms with van der Waals surface area (Å²) < 4.78 is 24.6. The molecule has 0 aromatic heterocycles. The third-order valence-corrected chi connectivity index (χ3v) is 4.41. The molecular formula is C19H15F2N3S2. The highest BCUT2D eigenvalue weighted by molar-refractivity contribution is 7.99. The number of benzene rings is 3. The van der Waals surface area contributed by atoms with Gasteiger partial charge in [0, 0.05) is 10.6 Å². The smallest absolute Gasteiger partial charge is 0.288 e. The van der Waals surface area contributed by atoms with Gasteiger partial charge in [-0.05, 0) is 58.9 Å². The summed E-state index contributed by atoms with van der Waals surface area (Å²) >= 11 is 5.68. The summed E-state index contributed by atoms with van der Waals surface area (Å²) in [4.78, 5) is 0.499. The van der Waals surface area contributed by atoms with Crippen molar-refractivity contribution in [1.82, 2.24) is 5.43 Å². The summed E-state index contributed by atoms with van der Waals surface area (Å²) in [7, 11) is 0. The Bertz CT molecular complexity index is 927. The SMILES string of the molecule is FC(F)Sc1ccc(NC(=S)N/N=C\c2ccc3ccccc3c2)cc1. The highest BCUT2D eigenvalue weighted by Gasteiger charge is 2.05. The van der Waals surface area contributed by atoms with Crippen LogP contribution in [0.5, 0.6) is 0 Å². The summed E-state index contributed by atoms with van der Waals surface area (Å²) in [6, 6.07) is 20.7. The van der Waals surface area contributed by atoms with Crippen molar-refractivity contribution in [2.24, 2.45) is 5.10 Å². The highest BCUT2D eigenvalue weighted by atomic mass is 32.2. The Kier molecular flexibility index (Phi) is 6.14. The fraction of sp³-hybridized carbons (Fsp3) is 0.0526. The number of hydrazone groups is 1. The minimum absolute atomic E-state index is 0.316. The number of nitrogens with one attached hydrogen (secondary N) is 2. The van der Waals surface area contributed by atoms with E-state index in [0.717, 1.165) is 10.9 Å². The van der Waals surface area contributed by atoms with Gasteiger partial charge in [0.05, 0.1) is 6.21 Å². The summed E-state index contributed by atoms with van der Waals surface area (Å²) in [6.45, 7) is 0. The van der Waals surface area contributed by atoms with E-state index in [1.54, 1.807) is 30.5 Å². The maximum atomic E-state index is 12.3. The first-order chi connectivity index (χ1) is 12.6. The van der Waals surface area contributed by atoms with Gasteiger partial charge in [-0.15, -0.1) is 0 Å². The van der Waals surface area contributed by atoms with Gasteiger partial charge in [0.1, 0.15) is 0 Å². The van der Waals surface area contributed by atoms with Gasteiger partial charge >= 0.3 is 0 Å². The first-order valence-corrected chi connectivity index (χ1v) is 9.03. The van der Waals surface area contributed by atoms with Gasteiger partial charge in [0.15, 0.2) is 5.11 Å². The van der Waals surface area contributed by atoms with E-state index < -0.39 is 5.76 Å². The Balaban J connectivity index is 1.55. The molecule has 0 saturated carbocycles. The van der Waals surface area contributed by atoms with Crippen LogP contribution in [0, 0.1) is 0 Å². The molecule has 2 N–H and O–H groups in total. The third-order valence-electron chi connectivity index (χ3n) is 3.49. The average Bonchev–Trinajstić information content (AvgIpc) is 2.63. The summed E-state index contributed by atoms with van der Waals surface area (Å²) in [5, 5.41) is 9.69. The molecule has 0 atom stereocenters. The van der Waals surface area contributed by atoms with E-state index in [1.807, 2.05) is 36.4 Å². The normalized spacial score (nSPS) is 11.2. The number of halogens is 2. The van der Waals surface area contributed by atoms with E-state index >= 15 is 0 Å². The second-order valence-electron chi connectivity index (χ2n) is 5.33. The van der Waals surface area contributed by atoms with Crippen molar-refractivity contribution in [3.05, 3.63) is 72.3 Å². The molecule has 3 rings (SSSR count). The van der Waals surface area contributed by atoms with E-state index in [0.29, 0.717) is 27.5 Å². The number of nitrogens with zero attached hydrogens (tertiary/aromatic N) is 1. The highest BCUT2D eigenvalue weighted by Crippen LogP contribution is 2.26. The molecule has 0 bridgehead atoms. The molecule has 0 radical (unpaired) electrons. The molecule has 3 nitrogen and oxygen atoms in total. The third kappa shape index (κ3) is 5.24. The van der Waals surface area contributed by atoms with Gasteiger partial charge in [0.2, 0.25) is 0 Å². The number of anilines is 1. The van der Waals surface area contributed by atoms with Gasteiger partial charge in [-0.3, -0.25) is 5.43 Å². The van der Waals surface area contributed by atoms with Crippen LogP contribution in [-0.2, 0) is 0 Å².